The number of hydrogen-bond donors (Lipinski definition) is 1. The van der Waals surface area contributed by atoms with Gasteiger partial charge >= 0.3 is 0 Å². The molecule has 0 aromatic carbocycles. The molecule has 2 fully saturated rings. The second kappa shape index (κ2) is 6.83. The third-order valence-electron chi connectivity index (χ3n) is 5.15. The van der Waals surface area contributed by atoms with Crippen molar-refractivity contribution in [3.05, 3.63) is 18.1 Å². The van der Waals surface area contributed by atoms with E-state index in [4.69, 9.17) is 5.11 Å². The molecule has 0 bridgehead atoms. The van der Waals surface area contributed by atoms with Crippen LogP contribution in [0.5, 0.6) is 0 Å². The minimum atomic E-state index is 0.141. The van der Waals surface area contributed by atoms with E-state index < -0.39 is 0 Å². The van der Waals surface area contributed by atoms with Gasteiger partial charge in [-0.2, -0.15) is 0 Å². The highest BCUT2D eigenvalue weighted by atomic mass is 16.3. The fourth-order valence-corrected chi connectivity index (χ4v) is 4.00. The van der Waals surface area contributed by atoms with Gasteiger partial charge in [0.15, 0.2) is 0 Å². The Kier molecular flexibility index (Phi) is 4.80. The number of amides is 1. The van der Waals surface area contributed by atoms with Crippen molar-refractivity contribution in [1.29, 1.82) is 0 Å². The van der Waals surface area contributed by atoms with Crippen LogP contribution in [0.4, 0.5) is 5.82 Å². The van der Waals surface area contributed by atoms with Crippen LogP contribution in [0.25, 0.3) is 0 Å². The van der Waals surface area contributed by atoms with Crippen LogP contribution in [0.2, 0.25) is 0 Å². The molecule has 3 heterocycles. The van der Waals surface area contributed by atoms with E-state index in [-0.39, 0.29) is 17.9 Å². The summed E-state index contributed by atoms with van der Waals surface area (Å²) in [6.07, 6.45) is 8.00. The molecule has 6 nitrogen and oxygen atoms in total. The summed E-state index contributed by atoms with van der Waals surface area (Å²) >= 11 is 0. The lowest BCUT2D eigenvalue weighted by Gasteiger charge is -2.48. The first kappa shape index (κ1) is 16.2. The zero-order chi connectivity index (χ0) is 16.3. The minimum absolute atomic E-state index is 0.141. The average Bonchev–Trinajstić information content (AvgIpc) is 2.56. The van der Waals surface area contributed by atoms with Gasteiger partial charge in [-0.1, -0.05) is 0 Å². The summed E-state index contributed by atoms with van der Waals surface area (Å²) in [6, 6.07) is 0. The van der Waals surface area contributed by atoms with Crippen LogP contribution in [-0.4, -0.2) is 58.7 Å². The number of piperidine rings is 2. The first-order valence-electron chi connectivity index (χ1n) is 8.55. The van der Waals surface area contributed by atoms with E-state index in [2.05, 4.69) is 14.9 Å². The van der Waals surface area contributed by atoms with Crippen molar-refractivity contribution in [3.8, 4) is 0 Å². The van der Waals surface area contributed by atoms with Crippen molar-refractivity contribution in [2.75, 3.05) is 37.7 Å². The lowest BCUT2D eigenvalue weighted by molar-refractivity contribution is -0.138. The summed E-state index contributed by atoms with van der Waals surface area (Å²) in [5.74, 6) is 1.21. The van der Waals surface area contributed by atoms with Gasteiger partial charge in [0.05, 0.1) is 5.69 Å². The second-order valence-electron chi connectivity index (χ2n) is 6.88. The number of likely N-dealkylation sites (tertiary alicyclic amines) is 1. The van der Waals surface area contributed by atoms with Crippen molar-refractivity contribution in [2.45, 2.75) is 39.0 Å². The van der Waals surface area contributed by atoms with Crippen molar-refractivity contribution < 1.29 is 9.90 Å². The standard InChI is InChI=1S/C17H26N4O2/c1-14-16(19-8-7-18-14)21-9-2-5-17(13-21)6-4-15(23)20(12-17)10-3-11-22/h7-8,22H,2-6,9-13H2,1H3/t17-/m1/s1. The molecule has 1 aromatic rings. The topological polar surface area (TPSA) is 69.6 Å². The second-order valence-corrected chi connectivity index (χ2v) is 6.88. The van der Waals surface area contributed by atoms with Crippen LogP contribution in [0, 0.1) is 12.3 Å². The highest BCUT2D eigenvalue weighted by Crippen LogP contribution is 2.40. The van der Waals surface area contributed by atoms with Crippen LogP contribution < -0.4 is 4.90 Å². The van der Waals surface area contributed by atoms with Gasteiger partial charge in [0.2, 0.25) is 5.91 Å². The summed E-state index contributed by atoms with van der Waals surface area (Å²) in [5.41, 5.74) is 1.12. The Balaban J connectivity index is 1.74. The first-order chi connectivity index (χ1) is 11.1. The van der Waals surface area contributed by atoms with E-state index in [1.807, 2.05) is 11.8 Å². The van der Waals surface area contributed by atoms with Crippen molar-refractivity contribution in [2.24, 2.45) is 5.41 Å². The molecule has 6 heteroatoms. The number of carbonyl (C=O) groups excluding carboxylic acids is 1. The molecule has 0 radical (unpaired) electrons. The highest BCUT2D eigenvalue weighted by Gasteiger charge is 2.42. The van der Waals surface area contributed by atoms with Gasteiger partial charge in [0.25, 0.3) is 0 Å². The smallest absolute Gasteiger partial charge is 0.222 e. The predicted octanol–water partition coefficient (Wildman–Crippen LogP) is 1.38. The Morgan fingerprint density at radius 3 is 2.87 bits per heavy atom. The maximum absolute atomic E-state index is 12.1. The molecule has 2 saturated heterocycles. The molecule has 23 heavy (non-hydrogen) atoms. The average molecular weight is 318 g/mol. The van der Waals surface area contributed by atoms with Crippen LogP contribution in [0.15, 0.2) is 12.4 Å². The maximum Gasteiger partial charge on any atom is 0.222 e. The molecule has 0 unspecified atom stereocenters. The van der Waals surface area contributed by atoms with Gasteiger partial charge in [0, 0.05) is 57.0 Å². The Bertz CT molecular complexity index is 565. The summed E-state index contributed by atoms with van der Waals surface area (Å²) in [4.78, 5) is 25.3. The largest absolute Gasteiger partial charge is 0.396 e. The van der Waals surface area contributed by atoms with Gasteiger partial charge in [-0.05, 0) is 32.6 Å². The van der Waals surface area contributed by atoms with E-state index in [1.165, 1.54) is 0 Å². The molecule has 3 rings (SSSR count). The zero-order valence-corrected chi connectivity index (χ0v) is 13.9. The van der Waals surface area contributed by atoms with E-state index in [0.717, 1.165) is 50.4 Å². The van der Waals surface area contributed by atoms with Gasteiger partial charge in [-0.15, -0.1) is 0 Å². The Morgan fingerprint density at radius 1 is 1.26 bits per heavy atom. The Labute approximate surface area is 137 Å². The molecular weight excluding hydrogens is 292 g/mol. The molecule has 1 N–H and O–H groups in total. The normalized spacial score (nSPS) is 25.2. The third kappa shape index (κ3) is 3.47. The van der Waals surface area contributed by atoms with Gasteiger partial charge in [-0.25, -0.2) is 4.98 Å². The van der Waals surface area contributed by atoms with Crippen LogP contribution >= 0.6 is 0 Å². The van der Waals surface area contributed by atoms with E-state index in [1.54, 1.807) is 12.4 Å². The molecule has 2 aliphatic rings. The maximum atomic E-state index is 12.1. The van der Waals surface area contributed by atoms with E-state index in [0.29, 0.717) is 19.4 Å². The number of aliphatic hydroxyl groups excluding tert-OH is 1. The monoisotopic (exact) mass is 318 g/mol. The third-order valence-corrected chi connectivity index (χ3v) is 5.15. The summed E-state index contributed by atoms with van der Waals surface area (Å²) in [5, 5.41) is 9.04. The number of aliphatic hydroxyl groups is 1. The van der Waals surface area contributed by atoms with E-state index >= 15 is 0 Å². The molecule has 2 aliphatic heterocycles. The van der Waals surface area contributed by atoms with Crippen LogP contribution in [-0.2, 0) is 4.79 Å². The Hall–Kier alpha value is -1.69. The number of aromatic nitrogens is 2. The van der Waals surface area contributed by atoms with E-state index in [9.17, 15) is 4.79 Å². The van der Waals surface area contributed by atoms with Crippen LogP contribution in [0.1, 0.15) is 37.8 Å². The number of rotatable bonds is 4. The van der Waals surface area contributed by atoms with Crippen molar-refractivity contribution in [3.63, 3.8) is 0 Å². The summed E-state index contributed by atoms with van der Waals surface area (Å²) in [7, 11) is 0. The SMILES string of the molecule is Cc1nccnc1N1CCC[C@]2(CCC(=O)N(CCCO)C2)C1. The summed E-state index contributed by atoms with van der Waals surface area (Å²) in [6.45, 7) is 5.56. The molecule has 1 spiro atoms. The number of carbonyl (C=O) groups is 1. The molecule has 1 aromatic heterocycles. The molecule has 0 saturated carbocycles. The lowest BCUT2D eigenvalue weighted by Crippen LogP contribution is -2.54. The fraction of sp³-hybridized carbons (Fsp3) is 0.706. The van der Waals surface area contributed by atoms with Crippen molar-refractivity contribution >= 4 is 11.7 Å². The highest BCUT2D eigenvalue weighted by molar-refractivity contribution is 5.77. The quantitative estimate of drug-likeness (QED) is 0.908. The lowest BCUT2D eigenvalue weighted by atomic mass is 9.73. The molecule has 1 amide bonds. The minimum Gasteiger partial charge on any atom is -0.396 e. The number of aryl methyl sites for hydroxylation is 1. The fourth-order valence-electron chi connectivity index (χ4n) is 4.00. The molecule has 0 aliphatic carbocycles. The van der Waals surface area contributed by atoms with Gasteiger partial charge < -0.3 is 14.9 Å². The zero-order valence-electron chi connectivity index (χ0n) is 13.9. The number of anilines is 1. The molecule has 1 atom stereocenters. The summed E-state index contributed by atoms with van der Waals surface area (Å²) < 4.78 is 0. The van der Waals surface area contributed by atoms with Gasteiger partial charge in [-0.3, -0.25) is 9.78 Å². The van der Waals surface area contributed by atoms with Gasteiger partial charge in [0.1, 0.15) is 5.82 Å². The first-order valence-corrected chi connectivity index (χ1v) is 8.55. The Morgan fingerprint density at radius 2 is 2.09 bits per heavy atom. The molecular formula is C17H26N4O2. The number of nitrogens with zero attached hydrogens (tertiary/aromatic N) is 4. The molecule has 126 valence electrons. The van der Waals surface area contributed by atoms with Crippen LogP contribution in [0.3, 0.4) is 0 Å². The van der Waals surface area contributed by atoms with Crippen molar-refractivity contribution in [1.82, 2.24) is 14.9 Å². The predicted molar refractivity (Wildman–Crippen MR) is 88.2 cm³/mol. The number of hydrogen-bond acceptors (Lipinski definition) is 5.